The molecule has 0 spiro atoms. The Bertz CT molecular complexity index is 469. The topological polar surface area (TPSA) is 33.1 Å². The van der Waals surface area contributed by atoms with Crippen molar-refractivity contribution in [1.29, 1.82) is 0 Å². The molecule has 1 heterocycles. The molecule has 2 aromatic rings. The van der Waals surface area contributed by atoms with Gasteiger partial charge in [0.1, 0.15) is 0 Å². The Labute approximate surface area is 119 Å². The van der Waals surface area contributed by atoms with E-state index in [9.17, 15) is 5.11 Å². The Hall–Kier alpha value is -0.930. The monoisotopic (exact) mass is 277 g/mol. The van der Waals surface area contributed by atoms with E-state index in [1.54, 1.807) is 11.3 Å². The van der Waals surface area contributed by atoms with Crippen molar-refractivity contribution < 1.29 is 5.11 Å². The summed E-state index contributed by atoms with van der Waals surface area (Å²) in [5, 5.41) is 11.5. The van der Waals surface area contributed by atoms with Gasteiger partial charge in [0.2, 0.25) is 0 Å². The van der Waals surface area contributed by atoms with E-state index in [2.05, 4.69) is 24.9 Å². The minimum atomic E-state index is -0.250. The quantitative estimate of drug-likeness (QED) is 0.813. The van der Waals surface area contributed by atoms with Crippen LogP contribution in [0.4, 0.5) is 0 Å². The number of nitrogens with zero attached hydrogens (tertiary/aromatic N) is 1. The molecule has 104 valence electrons. The van der Waals surface area contributed by atoms with Crippen LogP contribution in [0.2, 0.25) is 0 Å². The number of para-hydroxylation sites is 1. The molecule has 0 saturated heterocycles. The molecule has 1 aromatic carbocycles. The van der Waals surface area contributed by atoms with E-state index in [-0.39, 0.29) is 6.10 Å². The highest BCUT2D eigenvalue weighted by atomic mass is 32.1. The Kier molecular flexibility index (Phi) is 5.34. The second kappa shape index (κ2) is 7.01. The van der Waals surface area contributed by atoms with Crippen LogP contribution in [-0.2, 0) is 6.42 Å². The maximum absolute atomic E-state index is 10.4. The smallest absolute Gasteiger partial charge is 0.0964 e. The number of rotatable bonds is 7. The van der Waals surface area contributed by atoms with Gasteiger partial charge in [-0.05, 0) is 30.9 Å². The first-order chi connectivity index (χ1) is 9.24. The van der Waals surface area contributed by atoms with E-state index in [4.69, 9.17) is 0 Å². The summed E-state index contributed by atoms with van der Waals surface area (Å²) in [4.78, 5) is 4.61. The van der Waals surface area contributed by atoms with Gasteiger partial charge in [0.25, 0.3) is 0 Å². The first-order valence-electron chi connectivity index (χ1n) is 7.27. The molecule has 2 nitrogen and oxygen atoms in total. The summed E-state index contributed by atoms with van der Waals surface area (Å²) < 4.78 is 1.22. The molecule has 1 N–H and O–H groups in total. The van der Waals surface area contributed by atoms with Crippen molar-refractivity contribution in [2.45, 2.75) is 52.1 Å². The van der Waals surface area contributed by atoms with Crippen LogP contribution in [0, 0.1) is 5.92 Å². The molecule has 0 fully saturated rings. The molecule has 2 rings (SSSR count). The fourth-order valence-electron chi connectivity index (χ4n) is 2.62. The normalized spacial score (nSPS) is 13.3. The van der Waals surface area contributed by atoms with Gasteiger partial charge >= 0.3 is 0 Å². The predicted octanol–water partition coefficient (Wildman–Crippen LogP) is 4.42. The summed E-state index contributed by atoms with van der Waals surface area (Å²) in [7, 11) is 0. The number of fused-ring (bicyclic) bond motifs is 1. The molecular weight excluding hydrogens is 254 g/mol. The van der Waals surface area contributed by atoms with E-state index in [1.165, 1.54) is 4.70 Å². The van der Waals surface area contributed by atoms with Gasteiger partial charge in [-0.15, -0.1) is 11.3 Å². The fourth-order valence-corrected chi connectivity index (χ4v) is 3.64. The average Bonchev–Trinajstić information content (AvgIpc) is 2.80. The van der Waals surface area contributed by atoms with Gasteiger partial charge in [0.05, 0.1) is 21.3 Å². The van der Waals surface area contributed by atoms with E-state index < -0.39 is 0 Å². The van der Waals surface area contributed by atoms with Crippen LogP contribution in [0.1, 0.15) is 44.5 Å². The zero-order valence-electron chi connectivity index (χ0n) is 11.8. The summed E-state index contributed by atoms with van der Waals surface area (Å²) >= 11 is 1.71. The molecule has 19 heavy (non-hydrogen) atoms. The van der Waals surface area contributed by atoms with Crippen molar-refractivity contribution in [2.75, 3.05) is 0 Å². The summed E-state index contributed by atoms with van der Waals surface area (Å²) in [5.74, 6) is 0.419. The van der Waals surface area contributed by atoms with Gasteiger partial charge in [-0.2, -0.15) is 0 Å². The largest absolute Gasteiger partial charge is 0.392 e. The highest BCUT2D eigenvalue weighted by Crippen LogP contribution is 2.26. The lowest BCUT2D eigenvalue weighted by molar-refractivity contribution is 0.0963. The van der Waals surface area contributed by atoms with Crippen molar-refractivity contribution in [3.63, 3.8) is 0 Å². The highest BCUT2D eigenvalue weighted by Gasteiger charge is 2.19. The summed E-state index contributed by atoms with van der Waals surface area (Å²) in [5.41, 5.74) is 1.05. The summed E-state index contributed by atoms with van der Waals surface area (Å²) in [6.45, 7) is 4.38. The van der Waals surface area contributed by atoms with Crippen LogP contribution in [0.5, 0.6) is 0 Å². The molecule has 0 amide bonds. The van der Waals surface area contributed by atoms with Crippen molar-refractivity contribution in [3.8, 4) is 0 Å². The van der Waals surface area contributed by atoms with Crippen LogP contribution < -0.4 is 0 Å². The lowest BCUT2D eigenvalue weighted by atomic mass is 9.91. The third-order valence-electron chi connectivity index (χ3n) is 3.59. The van der Waals surface area contributed by atoms with Gasteiger partial charge in [-0.3, -0.25) is 0 Å². The molecule has 1 atom stereocenters. The number of benzene rings is 1. The van der Waals surface area contributed by atoms with Gasteiger partial charge in [-0.1, -0.05) is 38.8 Å². The molecule has 3 heteroatoms. The number of aromatic nitrogens is 1. The van der Waals surface area contributed by atoms with Crippen molar-refractivity contribution >= 4 is 21.6 Å². The SMILES string of the molecule is CCCC(CCC)C(O)Cc1nc2ccccc2s1. The zero-order chi connectivity index (χ0) is 13.7. The lowest BCUT2D eigenvalue weighted by Crippen LogP contribution is -2.22. The molecule has 0 bridgehead atoms. The first-order valence-corrected chi connectivity index (χ1v) is 8.08. The first kappa shape index (κ1) is 14.5. The minimum Gasteiger partial charge on any atom is -0.392 e. The van der Waals surface area contributed by atoms with Gasteiger partial charge in [0, 0.05) is 6.42 Å². The third kappa shape index (κ3) is 3.77. The Morgan fingerprint density at radius 3 is 2.47 bits per heavy atom. The average molecular weight is 277 g/mol. The van der Waals surface area contributed by atoms with Gasteiger partial charge in [0.15, 0.2) is 0 Å². The van der Waals surface area contributed by atoms with Crippen molar-refractivity contribution in [1.82, 2.24) is 4.98 Å². The van der Waals surface area contributed by atoms with Crippen LogP contribution in [-0.4, -0.2) is 16.2 Å². The van der Waals surface area contributed by atoms with Crippen LogP contribution in [0.15, 0.2) is 24.3 Å². The molecule has 1 unspecified atom stereocenters. The van der Waals surface area contributed by atoms with Crippen molar-refractivity contribution in [2.24, 2.45) is 5.92 Å². The molecule has 0 aliphatic rings. The van der Waals surface area contributed by atoms with Crippen molar-refractivity contribution in [3.05, 3.63) is 29.3 Å². The van der Waals surface area contributed by atoms with E-state index in [1.807, 2.05) is 18.2 Å². The number of hydrogen-bond donors (Lipinski definition) is 1. The van der Waals surface area contributed by atoms with E-state index in [0.717, 1.165) is 36.2 Å². The molecule has 0 aliphatic heterocycles. The van der Waals surface area contributed by atoms with Gasteiger partial charge < -0.3 is 5.11 Å². The summed E-state index contributed by atoms with van der Waals surface area (Å²) in [6.07, 6.45) is 4.95. The van der Waals surface area contributed by atoms with Crippen LogP contribution in [0.25, 0.3) is 10.2 Å². The van der Waals surface area contributed by atoms with E-state index >= 15 is 0 Å². The molecule has 1 aromatic heterocycles. The molecule has 0 saturated carbocycles. The fraction of sp³-hybridized carbons (Fsp3) is 0.562. The minimum absolute atomic E-state index is 0.250. The molecule has 0 aliphatic carbocycles. The Balaban J connectivity index is 2.05. The number of hydrogen-bond acceptors (Lipinski definition) is 3. The molecular formula is C16H23NOS. The van der Waals surface area contributed by atoms with Crippen LogP contribution >= 0.6 is 11.3 Å². The third-order valence-corrected chi connectivity index (χ3v) is 4.64. The summed E-state index contributed by atoms with van der Waals surface area (Å²) in [6, 6.07) is 8.19. The zero-order valence-corrected chi connectivity index (χ0v) is 12.6. The van der Waals surface area contributed by atoms with Gasteiger partial charge in [-0.25, -0.2) is 4.98 Å². The highest BCUT2D eigenvalue weighted by molar-refractivity contribution is 7.18. The number of aliphatic hydroxyl groups is 1. The standard InChI is InChI=1S/C16H23NOS/c1-3-7-12(8-4-2)14(18)11-16-17-13-9-5-6-10-15(13)19-16/h5-6,9-10,12,14,18H,3-4,7-8,11H2,1-2H3. The number of aliphatic hydroxyl groups excluding tert-OH is 1. The second-order valence-electron chi connectivity index (χ2n) is 5.18. The Morgan fingerprint density at radius 2 is 1.84 bits per heavy atom. The molecule has 0 radical (unpaired) electrons. The predicted molar refractivity (Wildman–Crippen MR) is 82.6 cm³/mol. The number of thiazole rings is 1. The maximum Gasteiger partial charge on any atom is 0.0964 e. The van der Waals surface area contributed by atoms with E-state index in [0.29, 0.717) is 12.3 Å². The van der Waals surface area contributed by atoms with Crippen LogP contribution in [0.3, 0.4) is 0 Å². The Morgan fingerprint density at radius 1 is 1.16 bits per heavy atom. The maximum atomic E-state index is 10.4. The second-order valence-corrected chi connectivity index (χ2v) is 6.30. The lowest BCUT2D eigenvalue weighted by Gasteiger charge is -2.21.